The number of hydrogen-bond acceptors (Lipinski definition) is 4. The second kappa shape index (κ2) is 10.2. The number of rotatable bonds is 7. The van der Waals surface area contributed by atoms with Crippen LogP contribution in [0.3, 0.4) is 0 Å². The largest absolute Gasteiger partial charge is 0.322 e. The zero-order valence-electron chi connectivity index (χ0n) is 17.0. The number of benzene rings is 2. The normalized spacial score (nSPS) is 19.0. The third kappa shape index (κ3) is 5.42. The highest BCUT2D eigenvalue weighted by Crippen LogP contribution is 2.48. The first-order chi connectivity index (χ1) is 14.3. The molecular formula is C24H26Cl2N4O. The van der Waals surface area contributed by atoms with E-state index in [2.05, 4.69) is 26.7 Å². The van der Waals surface area contributed by atoms with E-state index < -0.39 is 0 Å². The summed E-state index contributed by atoms with van der Waals surface area (Å²) < 4.78 is 0. The van der Waals surface area contributed by atoms with E-state index in [0.717, 1.165) is 35.7 Å². The van der Waals surface area contributed by atoms with Gasteiger partial charge in [-0.2, -0.15) is 0 Å². The average Bonchev–Trinajstić information content (AvgIpc) is 3.69. The van der Waals surface area contributed by atoms with Crippen LogP contribution >= 0.6 is 24.8 Å². The molecule has 0 aliphatic heterocycles. The zero-order valence-corrected chi connectivity index (χ0v) is 18.7. The lowest BCUT2D eigenvalue weighted by atomic mass is 9.99. The standard InChI is InChI=1S/C24H24N4O.2ClH/c29-24(17-6-2-1-3-7-17)28-20-9-4-8-18(23-25-12-5-13-26-23)22(20)19-14-21(19)27-15-16-10-11-16;;/h1-9,12-13,16,19,21,27H,10-11,14-15H2,(H,28,29);2*1H. The second-order valence-corrected chi connectivity index (χ2v) is 7.96. The van der Waals surface area contributed by atoms with Gasteiger partial charge >= 0.3 is 0 Å². The molecule has 7 heteroatoms. The molecule has 2 unspecified atom stereocenters. The maximum absolute atomic E-state index is 12.8. The molecule has 0 saturated heterocycles. The van der Waals surface area contributed by atoms with Gasteiger partial charge in [-0.05, 0) is 61.6 Å². The Morgan fingerprint density at radius 3 is 2.39 bits per heavy atom. The quantitative estimate of drug-likeness (QED) is 0.519. The molecular weight excluding hydrogens is 431 g/mol. The zero-order chi connectivity index (χ0) is 19.6. The fraction of sp³-hybridized carbons (Fsp3) is 0.292. The minimum atomic E-state index is -0.0962. The Hall–Kier alpha value is -2.47. The monoisotopic (exact) mass is 456 g/mol. The molecule has 2 aliphatic carbocycles. The predicted molar refractivity (Wildman–Crippen MR) is 128 cm³/mol. The van der Waals surface area contributed by atoms with Gasteiger partial charge in [0.05, 0.1) is 0 Å². The molecule has 1 aromatic heterocycles. The van der Waals surface area contributed by atoms with Gasteiger partial charge in [0.15, 0.2) is 5.82 Å². The van der Waals surface area contributed by atoms with Crippen LogP contribution < -0.4 is 10.6 Å². The molecule has 162 valence electrons. The summed E-state index contributed by atoms with van der Waals surface area (Å²) in [5.41, 5.74) is 3.64. The van der Waals surface area contributed by atoms with Crippen LogP contribution in [0, 0.1) is 5.92 Å². The summed E-state index contributed by atoms with van der Waals surface area (Å²) in [5.74, 6) is 1.81. The number of carbonyl (C=O) groups excluding carboxylic acids is 1. The Bertz CT molecular complexity index is 1010. The number of carbonyl (C=O) groups is 1. The van der Waals surface area contributed by atoms with Crippen molar-refractivity contribution in [1.29, 1.82) is 0 Å². The lowest BCUT2D eigenvalue weighted by molar-refractivity contribution is 0.102. The lowest BCUT2D eigenvalue weighted by Gasteiger charge is -2.16. The molecule has 2 atom stereocenters. The second-order valence-electron chi connectivity index (χ2n) is 7.96. The molecule has 2 aliphatic rings. The van der Waals surface area contributed by atoms with Crippen molar-refractivity contribution < 1.29 is 4.79 Å². The van der Waals surface area contributed by atoms with Gasteiger partial charge in [0.1, 0.15) is 0 Å². The topological polar surface area (TPSA) is 66.9 Å². The Morgan fingerprint density at radius 1 is 0.935 bits per heavy atom. The minimum Gasteiger partial charge on any atom is -0.322 e. The molecule has 3 aromatic rings. The third-order valence-electron chi connectivity index (χ3n) is 5.72. The smallest absolute Gasteiger partial charge is 0.255 e. The van der Waals surface area contributed by atoms with Crippen LogP contribution in [-0.2, 0) is 0 Å². The summed E-state index contributed by atoms with van der Waals surface area (Å²) in [6.07, 6.45) is 7.29. The van der Waals surface area contributed by atoms with Gasteiger partial charge < -0.3 is 10.6 Å². The van der Waals surface area contributed by atoms with Crippen molar-refractivity contribution in [2.45, 2.75) is 31.2 Å². The molecule has 1 heterocycles. The summed E-state index contributed by atoms with van der Waals surface area (Å²) in [7, 11) is 0. The maximum atomic E-state index is 12.8. The number of halogens is 2. The number of aromatic nitrogens is 2. The molecule has 2 saturated carbocycles. The number of nitrogens with one attached hydrogen (secondary N) is 2. The fourth-order valence-electron chi connectivity index (χ4n) is 3.87. The van der Waals surface area contributed by atoms with Gasteiger partial charge in [-0.25, -0.2) is 9.97 Å². The number of anilines is 1. The van der Waals surface area contributed by atoms with Crippen LogP contribution in [0.2, 0.25) is 0 Å². The van der Waals surface area contributed by atoms with Gasteiger partial charge in [-0.1, -0.05) is 30.3 Å². The van der Waals surface area contributed by atoms with Crippen LogP contribution in [0.25, 0.3) is 11.4 Å². The first-order valence-corrected chi connectivity index (χ1v) is 10.3. The van der Waals surface area contributed by atoms with Crippen molar-refractivity contribution in [3.8, 4) is 11.4 Å². The van der Waals surface area contributed by atoms with Crippen molar-refractivity contribution in [2.24, 2.45) is 5.92 Å². The first kappa shape index (κ1) is 23.2. The number of nitrogens with zero attached hydrogens (tertiary/aromatic N) is 2. The molecule has 2 aromatic carbocycles. The highest BCUT2D eigenvalue weighted by atomic mass is 35.5. The fourth-order valence-corrected chi connectivity index (χ4v) is 3.87. The van der Waals surface area contributed by atoms with E-state index in [1.54, 1.807) is 12.4 Å². The number of hydrogen-bond donors (Lipinski definition) is 2. The first-order valence-electron chi connectivity index (χ1n) is 10.3. The van der Waals surface area contributed by atoms with Crippen molar-refractivity contribution in [3.05, 3.63) is 78.1 Å². The molecule has 0 radical (unpaired) electrons. The van der Waals surface area contributed by atoms with Gasteiger partial charge in [0, 0.05) is 41.2 Å². The molecule has 2 N–H and O–H groups in total. The van der Waals surface area contributed by atoms with Crippen molar-refractivity contribution in [3.63, 3.8) is 0 Å². The van der Waals surface area contributed by atoms with Crippen LogP contribution in [0.4, 0.5) is 5.69 Å². The van der Waals surface area contributed by atoms with E-state index in [1.807, 2.05) is 48.5 Å². The molecule has 31 heavy (non-hydrogen) atoms. The number of amides is 1. The van der Waals surface area contributed by atoms with Gasteiger partial charge in [0.2, 0.25) is 0 Å². The molecule has 5 rings (SSSR count). The SMILES string of the molecule is Cl.Cl.O=C(Nc1cccc(-c2ncccn2)c1C1CC1NCC1CC1)c1ccccc1. The minimum absolute atomic E-state index is 0. The molecule has 1 amide bonds. The van der Waals surface area contributed by atoms with Gasteiger partial charge in [0.25, 0.3) is 5.91 Å². The van der Waals surface area contributed by atoms with Crippen molar-refractivity contribution >= 4 is 36.4 Å². The Morgan fingerprint density at radius 2 is 1.68 bits per heavy atom. The maximum Gasteiger partial charge on any atom is 0.255 e. The van der Waals surface area contributed by atoms with Crippen LogP contribution in [0.1, 0.15) is 41.1 Å². The highest BCUT2D eigenvalue weighted by molar-refractivity contribution is 6.05. The van der Waals surface area contributed by atoms with Crippen molar-refractivity contribution in [2.75, 3.05) is 11.9 Å². The molecule has 0 spiro atoms. The summed E-state index contributed by atoms with van der Waals surface area (Å²) in [6.45, 7) is 1.09. The Kier molecular flexibility index (Phi) is 7.65. The molecule has 5 nitrogen and oxygen atoms in total. The predicted octanol–water partition coefficient (Wildman–Crippen LogP) is 5.10. The van der Waals surface area contributed by atoms with Crippen LogP contribution in [0.5, 0.6) is 0 Å². The van der Waals surface area contributed by atoms with Crippen LogP contribution in [-0.4, -0.2) is 28.5 Å². The lowest BCUT2D eigenvalue weighted by Crippen LogP contribution is -2.21. The summed E-state index contributed by atoms with van der Waals surface area (Å²) in [6, 6.07) is 17.6. The third-order valence-corrected chi connectivity index (χ3v) is 5.72. The molecule has 2 fully saturated rings. The summed E-state index contributed by atoms with van der Waals surface area (Å²) in [4.78, 5) is 21.7. The van der Waals surface area contributed by atoms with E-state index in [4.69, 9.17) is 0 Å². The van der Waals surface area contributed by atoms with E-state index in [0.29, 0.717) is 23.3 Å². The highest BCUT2D eigenvalue weighted by Gasteiger charge is 2.42. The average molecular weight is 457 g/mol. The van der Waals surface area contributed by atoms with Gasteiger partial charge in [-0.15, -0.1) is 24.8 Å². The van der Waals surface area contributed by atoms with E-state index >= 15 is 0 Å². The Balaban J connectivity index is 0.00000136. The molecule has 0 bridgehead atoms. The summed E-state index contributed by atoms with van der Waals surface area (Å²) in [5, 5.41) is 6.84. The summed E-state index contributed by atoms with van der Waals surface area (Å²) >= 11 is 0. The van der Waals surface area contributed by atoms with E-state index in [9.17, 15) is 4.79 Å². The Labute approximate surface area is 194 Å². The van der Waals surface area contributed by atoms with Crippen LogP contribution in [0.15, 0.2) is 67.0 Å². The van der Waals surface area contributed by atoms with Gasteiger partial charge in [-0.3, -0.25) is 4.79 Å². The van der Waals surface area contributed by atoms with Crippen molar-refractivity contribution in [1.82, 2.24) is 15.3 Å². The van der Waals surface area contributed by atoms with E-state index in [-0.39, 0.29) is 30.7 Å². The van der Waals surface area contributed by atoms with E-state index in [1.165, 1.54) is 12.8 Å².